The lowest BCUT2D eigenvalue weighted by molar-refractivity contribution is 0.301. The number of nitrogens with zero attached hydrogens (tertiary/aromatic N) is 3. The highest BCUT2D eigenvalue weighted by atomic mass is 15.1. The summed E-state index contributed by atoms with van der Waals surface area (Å²) in [7, 11) is 3.75. The van der Waals surface area contributed by atoms with Crippen LogP contribution in [0.3, 0.4) is 0 Å². The van der Waals surface area contributed by atoms with Gasteiger partial charge in [0.15, 0.2) is 0 Å². The average molecular weight is 137 g/mol. The van der Waals surface area contributed by atoms with Crippen molar-refractivity contribution in [1.82, 2.24) is 4.90 Å². The molecule has 0 radical (unpaired) electrons. The Hall–Kier alpha value is -1.06. The zero-order chi connectivity index (χ0) is 7.98. The summed E-state index contributed by atoms with van der Waals surface area (Å²) in [6.07, 6.45) is 0.862. The molecule has 0 unspecified atom stereocenters. The fraction of sp³-hybridized carbons (Fsp3) is 0.714. The van der Waals surface area contributed by atoms with Crippen LogP contribution in [-0.4, -0.2) is 25.0 Å². The maximum Gasteiger partial charge on any atom is 0.0638 e. The van der Waals surface area contributed by atoms with Gasteiger partial charge in [-0.1, -0.05) is 0 Å². The molecule has 0 aliphatic carbocycles. The van der Waals surface area contributed by atoms with Gasteiger partial charge in [0, 0.05) is 6.04 Å². The largest absolute Gasteiger partial charge is 0.304 e. The van der Waals surface area contributed by atoms with E-state index >= 15 is 0 Å². The van der Waals surface area contributed by atoms with Crippen LogP contribution >= 0.6 is 0 Å². The fourth-order valence-corrected chi connectivity index (χ4v) is 0.648. The quantitative estimate of drug-likeness (QED) is 0.576. The summed E-state index contributed by atoms with van der Waals surface area (Å²) in [6.45, 7) is 0. The maximum atomic E-state index is 8.33. The van der Waals surface area contributed by atoms with Gasteiger partial charge in [0.2, 0.25) is 0 Å². The summed E-state index contributed by atoms with van der Waals surface area (Å²) in [5.41, 5.74) is 0. The minimum Gasteiger partial charge on any atom is -0.304 e. The topological polar surface area (TPSA) is 50.8 Å². The molecule has 0 aliphatic rings. The monoisotopic (exact) mass is 137 g/mol. The first-order valence-corrected chi connectivity index (χ1v) is 3.12. The van der Waals surface area contributed by atoms with Crippen molar-refractivity contribution in [3.05, 3.63) is 0 Å². The lowest BCUT2D eigenvalue weighted by atomic mass is 10.1. The molecule has 0 bridgehead atoms. The van der Waals surface area contributed by atoms with E-state index in [0.29, 0.717) is 12.8 Å². The van der Waals surface area contributed by atoms with Gasteiger partial charge in [-0.15, -0.1) is 0 Å². The van der Waals surface area contributed by atoms with Crippen LogP contribution in [0.5, 0.6) is 0 Å². The van der Waals surface area contributed by atoms with E-state index < -0.39 is 0 Å². The Labute approximate surface area is 61.5 Å². The molecular weight excluding hydrogens is 126 g/mol. The minimum atomic E-state index is 0.0926. The van der Waals surface area contributed by atoms with Crippen LogP contribution in [0.25, 0.3) is 0 Å². The van der Waals surface area contributed by atoms with Crippen molar-refractivity contribution in [2.24, 2.45) is 0 Å². The Kier molecular flexibility index (Phi) is 4.28. The fourth-order valence-electron chi connectivity index (χ4n) is 0.648. The first-order chi connectivity index (χ1) is 4.72. The number of rotatable bonds is 3. The average Bonchev–Trinajstić information content (AvgIpc) is 1.87. The molecule has 0 heterocycles. The second kappa shape index (κ2) is 4.78. The highest BCUT2D eigenvalue weighted by molar-refractivity contribution is 4.87. The Morgan fingerprint density at radius 2 is 1.60 bits per heavy atom. The highest BCUT2D eigenvalue weighted by Crippen LogP contribution is 2.01. The van der Waals surface area contributed by atoms with Crippen molar-refractivity contribution in [3.8, 4) is 12.1 Å². The number of hydrogen-bond acceptors (Lipinski definition) is 3. The van der Waals surface area contributed by atoms with Crippen LogP contribution in [0.1, 0.15) is 12.8 Å². The molecule has 10 heavy (non-hydrogen) atoms. The predicted octanol–water partition coefficient (Wildman–Crippen LogP) is 0.744. The second-order valence-corrected chi connectivity index (χ2v) is 2.34. The summed E-state index contributed by atoms with van der Waals surface area (Å²) in [6, 6.07) is 4.17. The Bertz CT molecular complexity index is 145. The zero-order valence-corrected chi connectivity index (χ0v) is 6.33. The van der Waals surface area contributed by atoms with E-state index in [0.717, 1.165) is 0 Å². The van der Waals surface area contributed by atoms with E-state index in [4.69, 9.17) is 10.5 Å². The van der Waals surface area contributed by atoms with Gasteiger partial charge in [-0.3, -0.25) is 0 Å². The molecule has 3 nitrogen and oxygen atoms in total. The molecule has 0 aromatic rings. The first-order valence-electron chi connectivity index (χ1n) is 3.12. The van der Waals surface area contributed by atoms with E-state index in [1.165, 1.54) is 0 Å². The van der Waals surface area contributed by atoms with E-state index in [2.05, 4.69) is 0 Å². The third-order valence-electron chi connectivity index (χ3n) is 1.38. The third kappa shape index (κ3) is 3.06. The molecule has 0 rings (SSSR count). The van der Waals surface area contributed by atoms with Gasteiger partial charge in [-0.2, -0.15) is 10.5 Å². The van der Waals surface area contributed by atoms with Crippen LogP contribution in [0, 0.1) is 22.7 Å². The van der Waals surface area contributed by atoms with Gasteiger partial charge in [0.05, 0.1) is 25.0 Å². The van der Waals surface area contributed by atoms with Crippen LogP contribution in [0.4, 0.5) is 0 Å². The zero-order valence-electron chi connectivity index (χ0n) is 6.33. The van der Waals surface area contributed by atoms with Crippen LogP contribution in [-0.2, 0) is 0 Å². The first kappa shape index (κ1) is 8.94. The van der Waals surface area contributed by atoms with Gasteiger partial charge < -0.3 is 4.90 Å². The molecule has 0 N–H and O–H groups in total. The van der Waals surface area contributed by atoms with Crippen molar-refractivity contribution in [2.75, 3.05) is 14.1 Å². The second-order valence-electron chi connectivity index (χ2n) is 2.34. The van der Waals surface area contributed by atoms with Crippen molar-refractivity contribution < 1.29 is 0 Å². The third-order valence-corrected chi connectivity index (χ3v) is 1.38. The standard InChI is InChI=1S/C7H11N3/c1-10(2)7(3-5-8)4-6-9/h7H,3-4H2,1-2H3. The van der Waals surface area contributed by atoms with E-state index in [1.807, 2.05) is 31.1 Å². The molecule has 0 aromatic heterocycles. The molecular formula is C7H11N3. The summed E-state index contributed by atoms with van der Waals surface area (Å²) >= 11 is 0. The maximum absolute atomic E-state index is 8.33. The highest BCUT2D eigenvalue weighted by Gasteiger charge is 2.08. The minimum absolute atomic E-state index is 0.0926. The number of nitriles is 2. The Morgan fingerprint density at radius 1 is 1.20 bits per heavy atom. The molecule has 54 valence electrons. The van der Waals surface area contributed by atoms with Gasteiger partial charge in [0.1, 0.15) is 0 Å². The lowest BCUT2D eigenvalue weighted by Crippen LogP contribution is -2.26. The van der Waals surface area contributed by atoms with E-state index in [-0.39, 0.29) is 6.04 Å². The molecule has 3 heteroatoms. The van der Waals surface area contributed by atoms with E-state index in [1.54, 1.807) is 0 Å². The SMILES string of the molecule is CN(C)C(CC#N)CC#N. The summed E-state index contributed by atoms with van der Waals surface area (Å²) in [5.74, 6) is 0. The summed E-state index contributed by atoms with van der Waals surface area (Å²) in [4.78, 5) is 1.90. The lowest BCUT2D eigenvalue weighted by Gasteiger charge is -2.17. The molecule has 0 saturated carbocycles. The van der Waals surface area contributed by atoms with Crippen LogP contribution in [0.2, 0.25) is 0 Å². The van der Waals surface area contributed by atoms with Crippen molar-refractivity contribution in [1.29, 1.82) is 10.5 Å². The molecule has 0 atom stereocenters. The van der Waals surface area contributed by atoms with Gasteiger partial charge >= 0.3 is 0 Å². The van der Waals surface area contributed by atoms with Crippen molar-refractivity contribution in [2.45, 2.75) is 18.9 Å². The van der Waals surface area contributed by atoms with Gasteiger partial charge in [-0.05, 0) is 14.1 Å². The molecule has 0 amide bonds. The predicted molar refractivity (Wildman–Crippen MR) is 37.9 cm³/mol. The molecule has 0 fully saturated rings. The number of hydrogen-bond donors (Lipinski definition) is 0. The Balaban J connectivity index is 3.78. The molecule has 0 aromatic carbocycles. The molecule has 0 spiro atoms. The van der Waals surface area contributed by atoms with Crippen molar-refractivity contribution >= 4 is 0 Å². The van der Waals surface area contributed by atoms with Gasteiger partial charge in [-0.25, -0.2) is 0 Å². The Morgan fingerprint density at radius 3 is 1.80 bits per heavy atom. The van der Waals surface area contributed by atoms with E-state index in [9.17, 15) is 0 Å². The molecule has 0 aliphatic heterocycles. The smallest absolute Gasteiger partial charge is 0.0638 e. The molecule has 0 saturated heterocycles. The van der Waals surface area contributed by atoms with Crippen LogP contribution < -0.4 is 0 Å². The van der Waals surface area contributed by atoms with Gasteiger partial charge in [0.25, 0.3) is 0 Å². The van der Waals surface area contributed by atoms with Crippen LogP contribution in [0.15, 0.2) is 0 Å². The van der Waals surface area contributed by atoms with Crippen molar-refractivity contribution in [3.63, 3.8) is 0 Å². The summed E-state index contributed by atoms with van der Waals surface area (Å²) < 4.78 is 0. The summed E-state index contributed by atoms with van der Waals surface area (Å²) in [5, 5.41) is 16.7. The normalized spacial score (nSPS) is 9.40.